The topological polar surface area (TPSA) is 78.2 Å². The molecule has 4 heteroatoms. The summed E-state index contributed by atoms with van der Waals surface area (Å²) in [5.41, 5.74) is 7.93. The van der Waals surface area contributed by atoms with Crippen LogP contribution in [0.5, 0.6) is 0 Å². The molecule has 0 saturated carbocycles. The van der Waals surface area contributed by atoms with Crippen LogP contribution in [-0.2, 0) is 9.59 Å². The largest absolute Gasteiger partial charge is 0.480 e. The van der Waals surface area contributed by atoms with Crippen molar-refractivity contribution >= 4 is 18.3 Å². The van der Waals surface area contributed by atoms with E-state index < -0.39 is 11.9 Å². The van der Waals surface area contributed by atoms with Gasteiger partial charge in [-0.2, -0.15) is 0 Å². The van der Waals surface area contributed by atoms with Crippen LogP contribution >= 0.6 is 0 Å². The van der Waals surface area contributed by atoms with Crippen LogP contribution in [0, 0.1) is 5.92 Å². The van der Waals surface area contributed by atoms with Gasteiger partial charge in [-0.25, -0.2) is 0 Å². The van der Waals surface area contributed by atoms with Crippen molar-refractivity contribution in [3.05, 3.63) is 41.6 Å². The average Bonchev–Trinajstić information content (AvgIpc) is 2.19. The zero-order valence-electron chi connectivity index (χ0n) is 7.88. The molecule has 2 N–H and O–H groups in total. The van der Waals surface area contributed by atoms with Gasteiger partial charge in [0, 0.05) is 0 Å². The van der Waals surface area contributed by atoms with Crippen LogP contribution in [0.15, 0.2) is 36.0 Å². The summed E-state index contributed by atoms with van der Waals surface area (Å²) in [7, 11) is 0. The van der Waals surface area contributed by atoms with Gasteiger partial charge in [0.2, 0.25) is 0 Å². The average molecular weight is 204 g/mol. The third kappa shape index (κ3) is 2.95. The molecule has 15 heavy (non-hydrogen) atoms. The van der Waals surface area contributed by atoms with Crippen LogP contribution in [0.2, 0.25) is 0 Å². The van der Waals surface area contributed by atoms with E-state index in [4.69, 9.17) is 10.8 Å². The number of hydrogen-bond donors (Lipinski definition) is 1. The minimum atomic E-state index is -1.38. The number of carboxylic acids is 1. The van der Waals surface area contributed by atoms with Gasteiger partial charge in [-0.3, -0.25) is 4.79 Å². The lowest BCUT2D eigenvalue weighted by Gasteiger charge is -2.03. The summed E-state index contributed by atoms with van der Waals surface area (Å²) in [6, 6.07) is 8.83. The molecular weight excluding hydrogens is 194 g/mol. The van der Waals surface area contributed by atoms with Gasteiger partial charge in [-0.05, 0) is 11.6 Å². The number of nitrogens with one attached hydrogen (secondary N) is 1. The molecule has 1 rings (SSSR count). The van der Waals surface area contributed by atoms with Gasteiger partial charge in [0.05, 0.1) is 5.70 Å². The normalized spacial score (nSPS) is 13.2. The van der Waals surface area contributed by atoms with E-state index in [0.29, 0.717) is 5.56 Å². The van der Waals surface area contributed by atoms with E-state index in [9.17, 15) is 9.59 Å². The van der Waals surface area contributed by atoms with Crippen LogP contribution in [-0.4, -0.2) is 17.4 Å². The Morgan fingerprint density at radius 1 is 1.33 bits per heavy atom. The number of carbonyl (C=O) groups excluding carboxylic acids is 1. The van der Waals surface area contributed by atoms with Gasteiger partial charge in [0.1, 0.15) is 6.29 Å². The molecule has 0 bridgehead atoms. The smallest absolute Gasteiger partial charge is 0.319 e. The summed E-state index contributed by atoms with van der Waals surface area (Å²) in [4.78, 5) is 21.0. The summed E-state index contributed by atoms with van der Waals surface area (Å²) in [6.07, 6.45) is 1.62. The first-order chi connectivity index (χ1) is 7.15. The van der Waals surface area contributed by atoms with E-state index >= 15 is 0 Å². The first kappa shape index (κ1) is 11.0. The zero-order valence-corrected chi connectivity index (χ0v) is 7.88. The Morgan fingerprint density at radius 3 is 2.40 bits per heavy atom. The molecule has 77 valence electrons. The Bertz CT molecular complexity index is 384. The van der Waals surface area contributed by atoms with E-state index in [2.05, 4.69) is 0 Å². The minimum absolute atomic E-state index is 0.219. The SMILES string of the molecule is [NH]C(=Cc1ccccc1)C(C=O)C(=O)O. The minimum Gasteiger partial charge on any atom is -0.480 e. The highest BCUT2D eigenvalue weighted by Crippen LogP contribution is 2.10. The molecular formula is C11H10NO3. The predicted octanol–water partition coefficient (Wildman–Crippen LogP) is 1.21. The number of hydrogen-bond acceptors (Lipinski definition) is 2. The lowest BCUT2D eigenvalue weighted by Crippen LogP contribution is -2.18. The highest BCUT2D eigenvalue weighted by atomic mass is 16.4. The van der Waals surface area contributed by atoms with Crippen molar-refractivity contribution in [1.29, 1.82) is 0 Å². The third-order valence-electron chi connectivity index (χ3n) is 1.86. The standard InChI is InChI=1S/C11H10NO3/c12-10(9(7-13)11(14)15)6-8-4-2-1-3-5-8/h1-7,9,12H,(H,14,15). The third-order valence-corrected chi connectivity index (χ3v) is 1.86. The van der Waals surface area contributed by atoms with Gasteiger partial charge in [0.25, 0.3) is 0 Å². The molecule has 1 unspecified atom stereocenters. The Balaban J connectivity index is 2.92. The molecule has 0 aliphatic heterocycles. The molecule has 0 heterocycles. The van der Waals surface area contributed by atoms with Crippen molar-refractivity contribution in [2.75, 3.05) is 0 Å². The Labute approximate surface area is 87.0 Å². The maximum absolute atomic E-state index is 10.6. The molecule has 4 nitrogen and oxygen atoms in total. The fraction of sp³-hybridized carbons (Fsp3) is 0.0909. The number of carbonyl (C=O) groups is 2. The van der Waals surface area contributed by atoms with E-state index in [-0.39, 0.29) is 12.0 Å². The van der Waals surface area contributed by atoms with Crippen molar-refractivity contribution < 1.29 is 14.7 Å². The predicted molar refractivity (Wildman–Crippen MR) is 54.7 cm³/mol. The van der Waals surface area contributed by atoms with Crippen LogP contribution in [0.25, 0.3) is 6.08 Å². The molecule has 0 aliphatic rings. The number of carboxylic acid groups (broad SMARTS) is 1. The van der Waals surface area contributed by atoms with Crippen LogP contribution in [0.4, 0.5) is 0 Å². The summed E-state index contributed by atoms with van der Waals surface area (Å²) in [5.74, 6) is -2.69. The Morgan fingerprint density at radius 2 is 1.93 bits per heavy atom. The molecule has 0 aliphatic carbocycles. The van der Waals surface area contributed by atoms with Crippen LogP contribution < -0.4 is 5.73 Å². The van der Waals surface area contributed by atoms with E-state index in [1.54, 1.807) is 24.3 Å². The van der Waals surface area contributed by atoms with Crippen molar-refractivity contribution in [3.63, 3.8) is 0 Å². The van der Waals surface area contributed by atoms with Gasteiger partial charge >= 0.3 is 5.97 Å². The molecule has 0 amide bonds. The van der Waals surface area contributed by atoms with Crippen LogP contribution in [0.1, 0.15) is 5.56 Å². The second-order valence-corrected chi connectivity index (χ2v) is 2.96. The monoisotopic (exact) mass is 204 g/mol. The number of rotatable bonds is 4. The lowest BCUT2D eigenvalue weighted by atomic mass is 10.1. The molecule has 1 radical (unpaired) electrons. The molecule has 1 aromatic rings. The molecule has 0 spiro atoms. The molecule has 0 fully saturated rings. The fourth-order valence-corrected chi connectivity index (χ4v) is 1.08. The van der Waals surface area contributed by atoms with Crippen molar-refractivity contribution in [1.82, 2.24) is 5.73 Å². The van der Waals surface area contributed by atoms with Gasteiger partial charge < -0.3 is 15.6 Å². The molecule has 0 saturated heterocycles. The first-order valence-electron chi connectivity index (χ1n) is 4.31. The lowest BCUT2D eigenvalue weighted by molar-refractivity contribution is -0.142. The summed E-state index contributed by atoms with van der Waals surface area (Å²) in [5, 5.41) is 8.63. The highest BCUT2D eigenvalue weighted by molar-refractivity contribution is 5.91. The van der Waals surface area contributed by atoms with E-state index in [0.717, 1.165) is 0 Å². The molecule has 0 aromatic heterocycles. The second kappa shape index (κ2) is 4.95. The van der Waals surface area contributed by atoms with Crippen molar-refractivity contribution in [2.24, 2.45) is 5.92 Å². The maximum atomic E-state index is 10.6. The quantitative estimate of drug-likeness (QED) is 0.591. The summed E-state index contributed by atoms with van der Waals surface area (Å²) >= 11 is 0. The summed E-state index contributed by atoms with van der Waals surface area (Å²) in [6.45, 7) is 0. The second-order valence-electron chi connectivity index (χ2n) is 2.96. The molecule has 1 aromatic carbocycles. The zero-order chi connectivity index (χ0) is 11.3. The number of benzene rings is 1. The van der Waals surface area contributed by atoms with E-state index in [1.807, 2.05) is 6.07 Å². The number of aldehydes is 1. The Kier molecular flexibility index (Phi) is 3.62. The van der Waals surface area contributed by atoms with Gasteiger partial charge in [0.15, 0.2) is 5.92 Å². The van der Waals surface area contributed by atoms with Crippen LogP contribution in [0.3, 0.4) is 0 Å². The number of aliphatic carboxylic acids is 1. The van der Waals surface area contributed by atoms with Gasteiger partial charge in [-0.15, -0.1) is 0 Å². The Hall–Kier alpha value is -2.10. The first-order valence-corrected chi connectivity index (χ1v) is 4.31. The van der Waals surface area contributed by atoms with Gasteiger partial charge in [-0.1, -0.05) is 30.3 Å². The van der Waals surface area contributed by atoms with Crippen molar-refractivity contribution in [3.8, 4) is 0 Å². The fourth-order valence-electron chi connectivity index (χ4n) is 1.08. The van der Waals surface area contributed by atoms with E-state index in [1.165, 1.54) is 6.08 Å². The summed E-state index contributed by atoms with van der Waals surface area (Å²) < 4.78 is 0. The maximum Gasteiger partial charge on any atom is 0.319 e. The van der Waals surface area contributed by atoms with Crippen molar-refractivity contribution in [2.45, 2.75) is 0 Å². The molecule has 1 atom stereocenters. The highest BCUT2D eigenvalue weighted by Gasteiger charge is 2.19.